The largest absolute Gasteiger partial charge is 0.484 e. The highest BCUT2D eigenvalue weighted by molar-refractivity contribution is 6.31. The topological polar surface area (TPSA) is 58.6 Å². The zero-order valence-corrected chi connectivity index (χ0v) is 19.1. The van der Waals surface area contributed by atoms with Crippen molar-refractivity contribution in [2.24, 2.45) is 0 Å². The first-order chi connectivity index (χ1) is 16.0. The number of likely N-dealkylation sites (N-methyl/N-ethyl adjacent to an activating group) is 1. The van der Waals surface area contributed by atoms with Gasteiger partial charge in [-0.1, -0.05) is 60.1 Å². The van der Waals surface area contributed by atoms with Crippen LogP contribution in [0.2, 0.25) is 5.02 Å². The normalized spacial score (nSPS) is 11.5. The molecule has 0 spiro atoms. The standard InChI is InChI=1S/C26H26ClFN2O3/c1-2-29-26(32)24(16-19-8-4-3-5-9-19)30(17-20-10-6-7-11-23(20)27)25(31)18-33-22-14-12-21(28)13-15-22/h3-15,24H,2,16-18H2,1H3,(H,29,32)/t24-/m1/s1. The Morgan fingerprint density at radius 3 is 2.33 bits per heavy atom. The number of amides is 2. The van der Waals surface area contributed by atoms with E-state index in [-0.39, 0.29) is 25.0 Å². The van der Waals surface area contributed by atoms with Crippen LogP contribution in [0, 0.1) is 5.82 Å². The fourth-order valence-electron chi connectivity index (χ4n) is 3.41. The second-order valence-corrected chi connectivity index (χ2v) is 7.86. The van der Waals surface area contributed by atoms with Gasteiger partial charge in [-0.15, -0.1) is 0 Å². The maximum absolute atomic E-state index is 13.3. The molecule has 0 aliphatic rings. The maximum atomic E-state index is 13.3. The van der Waals surface area contributed by atoms with Crippen LogP contribution in [-0.4, -0.2) is 35.9 Å². The summed E-state index contributed by atoms with van der Waals surface area (Å²) in [7, 11) is 0. The zero-order chi connectivity index (χ0) is 23.6. The highest BCUT2D eigenvalue weighted by atomic mass is 35.5. The Balaban J connectivity index is 1.89. The van der Waals surface area contributed by atoms with Gasteiger partial charge in [-0.3, -0.25) is 9.59 Å². The van der Waals surface area contributed by atoms with Crippen molar-refractivity contribution in [1.29, 1.82) is 0 Å². The van der Waals surface area contributed by atoms with Crippen molar-refractivity contribution in [3.05, 3.63) is 101 Å². The highest BCUT2D eigenvalue weighted by Crippen LogP contribution is 2.21. The Morgan fingerprint density at radius 1 is 1.00 bits per heavy atom. The smallest absolute Gasteiger partial charge is 0.261 e. The van der Waals surface area contributed by atoms with Gasteiger partial charge in [0.25, 0.3) is 5.91 Å². The highest BCUT2D eigenvalue weighted by Gasteiger charge is 2.30. The van der Waals surface area contributed by atoms with E-state index in [1.54, 1.807) is 12.1 Å². The molecule has 0 fully saturated rings. The first-order valence-corrected chi connectivity index (χ1v) is 11.1. The summed E-state index contributed by atoms with van der Waals surface area (Å²) < 4.78 is 18.8. The average Bonchev–Trinajstić information content (AvgIpc) is 2.82. The lowest BCUT2D eigenvalue weighted by Crippen LogP contribution is -2.51. The van der Waals surface area contributed by atoms with Crippen molar-refractivity contribution >= 4 is 23.4 Å². The second-order valence-electron chi connectivity index (χ2n) is 7.46. The molecule has 172 valence electrons. The number of hydrogen-bond acceptors (Lipinski definition) is 3. The van der Waals surface area contributed by atoms with Crippen LogP contribution in [0.3, 0.4) is 0 Å². The summed E-state index contributed by atoms with van der Waals surface area (Å²) in [6.45, 7) is 2.10. The van der Waals surface area contributed by atoms with Gasteiger partial charge in [0, 0.05) is 24.5 Å². The lowest BCUT2D eigenvalue weighted by atomic mass is 10.0. The summed E-state index contributed by atoms with van der Waals surface area (Å²) in [6.07, 6.45) is 0.333. The number of rotatable bonds is 10. The molecule has 0 bridgehead atoms. The van der Waals surface area contributed by atoms with E-state index in [0.717, 1.165) is 11.1 Å². The van der Waals surface area contributed by atoms with Crippen LogP contribution in [0.4, 0.5) is 4.39 Å². The third kappa shape index (κ3) is 7.05. The van der Waals surface area contributed by atoms with Crippen molar-refractivity contribution in [1.82, 2.24) is 10.2 Å². The van der Waals surface area contributed by atoms with E-state index in [1.165, 1.54) is 29.2 Å². The number of nitrogens with zero attached hydrogens (tertiary/aromatic N) is 1. The van der Waals surface area contributed by atoms with Gasteiger partial charge in [-0.25, -0.2) is 4.39 Å². The lowest BCUT2D eigenvalue weighted by molar-refractivity contribution is -0.142. The average molecular weight is 469 g/mol. The molecule has 3 aromatic carbocycles. The summed E-state index contributed by atoms with van der Waals surface area (Å²) in [5.41, 5.74) is 1.64. The van der Waals surface area contributed by atoms with Crippen LogP contribution < -0.4 is 10.1 Å². The van der Waals surface area contributed by atoms with Crippen LogP contribution in [0.15, 0.2) is 78.9 Å². The minimum absolute atomic E-state index is 0.139. The fourth-order valence-corrected chi connectivity index (χ4v) is 3.61. The van der Waals surface area contributed by atoms with E-state index in [9.17, 15) is 14.0 Å². The molecule has 0 radical (unpaired) electrons. The predicted octanol–water partition coefficient (Wildman–Crippen LogP) is 4.63. The molecule has 0 saturated carbocycles. The van der Waals surface area contributed by atoms with E-state index >= 15 is 0 Å². The van der Waals surface area contributed by atoms with E-state index in [0.29, 0.717) is 23.7 Å². The Labute approximate surface area is 198 Å². The molecule has 3 rings (SSSR count). The molecule has 3 aromatic rings. The van der Waals surface area contributed by atoms with E-state index in [2.05, 4.69) is 5.32 Å². The molecule has 0 aliphatic carbocycles. The van der Waals surface area contributed by atoms with Gasteiger partial charge in [0.15, 0.2) is 6.61 Å². The number of nitrogens with one attached hydrogen (secondary N) is 1. The van der Waals surface area contributed by atoms with Crippen LogP contribution in [0.5, 0.6) is 5.75 Å². The number of ether oxygens (including phenoxy) is 1. The quantitative estimate of drug-likeness (QED) is 0.472. The number of carbonyl (C=O) groups excluding carboxylic acids is 2. The van der Waals surface area contributed by atoms with E-state index in [4.69, 9.17) is 16.3 Å². The molecule has 5 nitrogen and oxygen atoms in total. The maximum Gasteiger partial charge on any atom is 0.261 e. The number of hydrogen-bond donors (Lipinski definition) is 1. The van der Waals surface area contributed by atoms with Gasteiger partial charge in [0.05, 0.1) is 0 Å². The molecule has 1 atom stereocenters. The second kappa shape index (κ2) is 12.0. The first kappa shape index (κ1) is 24.3. The molecule has 33 heavy (non-hydrogen) atoms. The number of carbonyl (C=O) groups is 2. The van der Waals surface area contributed by atoms with Crippen LogP contribution in [0.1, 0.15) is 18.1 Å². The minimum Gasteiger partial charge on any atom is -0.484 e. The van der Waals surface area contributed by atoms with Crippen LogP contribution in [-0.2, 0) is 22.6 Å². The van der Waals surface area contributed by atoms with Gasteiger partial charge >= 0.3 is 0 Å². The lowest BCUT2D eigenvalue weighted by Gasteiger charge is -2.31. The molecule has 2 amide bonds. The van der Waals surface area contributed by atoms with Gasteiger partial charge in [-0.05, 0) is 48.4 Å². The van der Waals surface area contributed by atoms with Crippen molar-refractivity contribution in [3.8, 4) is 5.75 Å². The van der Waals surface area contributed by atoms with E-state index < -0.39 is 11.9 Å². The van der Waals surface area contributed by atoms with Gasteiger partial charge in [-0.2, -0.15) is 0 Å². The molecule has 7 heteroatoms. The Morgan fingerprint density at radius 2 is 1.67 bits per heavy atom. The molecular formula is C26H26ClFN2O3. The summed E-state index contributed by atoms with van der Waals surface area (Å²) in [6, 6.07) is 21.4. The molecule has 0 aliphatic heterocycles. The fraction of sp³-hybridized carbons (Fsp3) is 0.231. The van der Waals surface area contributed by atoms with Gasteiger partial charge in [0.2, 0.25) is 5.91 Å². The van der Waals surface area contributed by atoms with Crippen LogP contribution >= 0.6 is 11.6 Å². The van der Waals surface area contributed by atoms with Gasteiger partial charge < -0.3 is 15.0 Å². The predicted molar refractivity (Wildman–Crippen MR) is 127 cm³/mol. The number of halogens is 2. The summed E-state index contributed by atoms with van der Waals surface area (Å²) in [5.74, 6) is -0.678. The molecule has 0 saturated heterocycles. The third-order valence-electron chi connectivity index (χ3n) is 5.10. The van der Waals surface area contributed by atoms with Gasteiger partial charge in [0.1, 0.15) is 17.6 Å². The molecule has 0 heterocycles. The Kier molecular flexibility index (Phi) is 8.84. The first-order valence-electron chi connectivity index (χ1n) is 10.7. The zero-order valence-electron chi connectivity index (χ0n) is 18.3. The minimum atomic E-state index is -0.770. The third-order valence-corrected chi connectivity index (χ3v) is 5.47. The summed E-state index contributed by atoms with van der Waals surface area (Å²) in [5, 5.41) is 3.34. The SMILES string of the molecule is CCNC(=O)[C@@H](Cc1ccccc1)N(Cc1ccccc1Cl)C(=O)COc1ccc(F)cc1. The van der Waals surface area contributed by atoms with Crippen molar-refractivity contribution < 1.29 is 18.7 Å². The van der Waals surface area contributed by atoms with Crippen LogP contribution in [0.25, 0.3) is 0 Å². The molecule has 0 aromatic heterocycles. The van der Waals surface area contributed by atoms with Crippen molar-refractivity contribution in [2.45, 2.75) is 25.9 Å². The summed E-state index contributed by atoms with van der Waals surface area (Å²) in [4.78, 5) is 27.9. The molecule has 0 unspecified atom stereocenters. The Bertz CT molecular complexity index is 1060. The molecule has 1 N–H and O–H groups in total. The van der Waals surface area contributed by atoms with Crippen molar-refractivity contribution in [3.63, 3.8) is 0 Å². The number of benzene rings is 3. The summed E-state index contributed by atoms with van der Waals surface area (Å²) >= 11 is 6.36. The monoisotopic (exact) mass is 468 g/mol. The van der Waals surface area contributed by atoms with Crippen molar-refractivity contribution in [2.75, 3.05) is 13.2 Å². The van der Waals surface area contributed by atoms with E-state index in [1.807, 2.05) is 49.4 Å². The Hall–Kier alpha value is -3.38. The molecular weight excluding hydrogens is 443 g/mol.